The Balaban J connectivity index is 2.98. The Bertz CT molecular complexity index is 460. The van der Waals surface area contributed by atoms with Crippen LogP contribution in [0.5, 0.6) is 11.5 Å². The molecular formula is C16H24ClNO2. The van der Waals surface area contributed by atoms with E-state index in [-0.39, 0.29) is 6.04 Å². The number of ether oxygens (including phenoxy) is 2. The largest absolute Gasteiger partial charge is 0.493 e. The SMILES string of the molecule is C=C(C)CCOc1c(CC(N)CC)cc(Cl)cc1OC. The summed E-state index contributed by atoms with van der Waals surface area (Å²) in [5.41, 5.74) is 8.12. The molecule has 2 N–H and O–H groups in total. The van der Waals surface area contributed by atoms with E-state index in [1.807, 2.05) is 13.0 Å². The third-order valence-corrected chi connectivity index (χ3v) is 3.32. The Kier molecular flexibility index (Phi) is 6.89. The topological polar surface area (TPSA) is 44.5 Å². The molecule has 1 atom stereocenters. The summed E-state index contributed by atoms with van der Waals surface area (Å²) >= 11 is 6.12. The number of halogens is 1. The van der Waals surface area contributed by atoms with Gasteiger partial charge in [0.15, 0.2) is 11.5 Å². The quantitative estimate of drug-likeness (QED) is 0.738. The van der Waals surface area contributed by atoms with Crippen molar-refractivity contribution < 1.29 is 9.47 Å². The molecule has 112 valence electrons. The predicted molar refractivity (Wildman–Crippen MR) is 84.9 cm³/mol. The first-order valence-corrected chi connectivity index (χ1v) is 7.24. The lowest BCUT2D eigenvalue weighted by Gasteiger charge is -2.18. The lowest BCUT2D eigenvalue weighted by Crippen LogP contribution is -2.22. The van der Waals surface area contributed by atoms with E-state index < -0.39 is 0 Å². The molecule has 0 aromatic heterocycles. The molecular weight excluding hydrogens is 274 g/mol. The molecule has 0 aliphatic rings. The monoisotopic (exact) mass is 297 g/mol. The van der Waals surface area contributed by atoms with E-state index in [1.165, 1.54) is 0 Å². The molecule has 1 aromatic carbocycles. The van der Waals surface area contributed by atoms with Crippen molar-refractivity contribution in [3.8, 4) is 11.5 Å². The Morgan fingerprint density at radius 2 is 2.15 bits per heavy atom. The molecule has 4 heteroatoms. The summed E-state index contributed by atoms with van der Waals surface area (Å²) in [6.07, 6.45) is 2.43. The first kappa shape index (κ1) is 16.9. The Hall–Kier alpha value is -1.19. The van der Waals surface area contributed by atoms with Crippen LogP contribution in [0.1, 0.15) is 32.3 Å². The third-order valence-electron chi connectivity index (χ3n) is 3.10. The highest BCUT2D eigenvalue weighted by molar-refractivity contribution is 6.30. The van der Waals surface area contributed by atoms with Gasteiger partial charge < -0.3 is 15.2 Å². The van der Waals surface area contributed by atoms with Crippen LogP contribution in [0, 0.1) is 0 Å². The highest BCUT2D eigenvalue weighted by Gasteiger charge is 2.15. The van der Waals surface area contributed by atoms with Gasteiger partial charge >= 0.3 is 0 Å². The number of nitrogens with two attached hydrogens (primary N) is 1. The maximum absolute atomic E-state index is 6.12. The summed E-state index contributed by atoms with van der Waals surface area (Å²) < 4.78 is 11.2. The van der Waals surface area contributed by atoms with Gasteiger partial charge in [-0.1, -0.05) is 24.1 Å². The molecule has 1 unspecified atom stereocenters. The zero-order valence-electron chi connectivity index (χ0n) is 12.5. The average Bonchev–Trinajstić information content (AvgIpc) is 2.39. The van der Waals surface area contributed by atoms with Crippen molar-refractivity contribution in [2.24, 2.45) is 5.73 Å². The number of methoxy groups -OCH3 is 1. The van der Waals surface area contributed by atoms with Crippen molar-refractivity contribution in [2.75, 3.05) is 13.7 Å². The van der Waals surface area contributed by atoms with Crippen LogP contribution in [-0.4, -0.2) is 19.8 Å². The van der Waals surface area contributed by atoms with Crippen LogP contribution < -0.4 is 15.2 Å². The molecule has 1 aromatic rings. The molecule has 1 rings (SSSR count). The van der Waals surface area contributed by atoms with E-state index in [1.54, 1.807) is 13.2 Å². The van der Waals surface area contributed by atoms with Gasteiger partial charge in [-0.3, -0.25) is 0 Å². The van der Waals surface area contributed by atoms with E-state index in [2.05, 4.69) is 13.5 Å². The van der Waals surface area contributed by atoms with Crippen LogP contribution in [0.15, 0.2) is 24.3 Å². The summed E-state index contributed by atoms with van der Waals surface area (Å²) in [6.45, 7) is 8.49. The van der Waals surface area contributed by atoms with Crippen molar-refractivity contribution in [3.05, 3.63) is 34.9 Å². The lowest BCUT2D eigenvalue weighted by molar-refractivity contribution is 0.293. The fourth-order valence-electron chi connectivity index (χ4n) is 1.84. The number of hydrogen-bond acceptors (Lipinski definition) is 3. The zero-order valence-corrected chi connectivity index (χ0v) is 13.3. The van der Waals surface area contributed by atoms with Crippen molar-refractivity contribution in [1.82, 2.24) is 0 Å². The zero-order chi connectivity index (χ0) is 15.1. The van der Waals surface area contributed by atoms with Gasteiger partial charge in [0.1, 0.15) is 0 Å². The van der Waals surface area contributed by atoms with Gasteiger partial charge in [0.05, 0.1) is 13.7 Å². The van der Waals surface area contributed by atoms with E-state index >= 15 is 0 Å². The minimum absolute atomic E-state index is 0.0849. The molecule has 0 radical (unpaired) electrons. The predicted octanol–water partition coefficient (Wildman–Crippen LogP) is 3.97. The molecule has 0 spiro atoms. The third kappa shape index (κ3) is 5.06. The van der Waals surface area contributed by atoms with E-state index in [4.69, 9.17) is 26.8 Å². The number of benzene rings is 1. The van der Waals surface area contributed by atoms with Gasteiger partial charge in [0.25, 0.3) is 0 Å². The second-order valence-corrected chi connectivity index (χ2v) is 5.46. The molecule has 0 fully saturated rings. The summed E-state index contributed by atoms with van der Waals surface area (Å²) in [5, 5.41) is 0.632. The first-order valence-electron chi connectivity index (χ1n) is 6.87. The van der Waals surface area contributed by atoms with Crippen molar-refractivity contribution in [2.45, 2.75) is 39.2 Å². The van der Waals surface area contributed by atoms with E-state index in [9.17, 15) is 0 Å². The Labute approximate surface area is 126 Å². The highest BCUT2D eigenvalue weighted by atomic mass is 35.5. The smallest absolute Gasteiger partial charge is 0.164 e. The number of hydrogen-bond donors (Lipinski definition) is 1. The second-order valence-electron chi connectivity index (χ2n) is 5.02. The van der Waals surface area contributed by atoms with Crippen molar-refractivity contribution >= 4 is 11.6 Å². The molecule has 0 heterocycles. The van der Waals surface area contributed by atoms with Crippen LogP contribution in [0.25, 0.3) is 0 Å². The highest BCUT2D eigenvalue weighted by Crippen LogP contribution is 2.35. The van der Waals surface area contributed by atoms with Gasteiger partial charge in [-0.2, -0.15) is 0 Å². The Morgan fingerprint density at radius 1 is 1.45 bits per heavy atom. The summed E-state index contributed by atoms with van der Waals surface area (Å²) in [4.78, 5) is 0. The van der Waals surface area contributed by atoms with Crippen LogP contribution in [0.2, 0.25) is 5.02 Å². The lowest BCUT2D eigenvalue weighted by atomic mass is 10.0. The van der Waals surface area contributed by atoms with Gasteiger partial charge in [0.2, 0.25) is 0 Å². The average molecular weight is 298 g/mol. The molecule has 3 nitrogen and oxygen atoms in total. The van der Waals surface area contributed by atoms with Gasteiger partial charge in [-0.25, -0.2) is 0 Å². The van der Waals surface area contributed by atoms with Crippen LogP contribution in [0.3, 0.4) is 0 Å². The maximum atomic E-state index is 6.12. The fourth-order valence-corrected chi connectivity index (χ4v) is 2.07. The molecule has 0 aliphatic carbocycles. The van der Waals surface area contributed by atoms with Crippen LogP contribution >= 0.6 is 11.6 Å². The summed E-state index contributed by atoms with van der Waals surface area (Å²) in [5.74, 6) is 1.39. The minimum atomic E-state index is 0.0849. The molecule has 0 amide bonds. The van der Waals surface area contributed by atoms with E-state index in [0.29, 0.717) is 17.4 Å². The van der Waals surface area contributed by atoms with Crippen molar-refractivity contribution in [1.29, 1.82) is 0 Å². The standard InChI is InChI=1S/C16H24ClNO2/c1-5-14(18)9-12-8-13(17)10-15(19-4)16(12)20-7-6-11(2)3/h8,10,14H,2,5-7,9,18H2,1,3-4H3. The summed E-state index contributed by atoms with van der Waals surface area (Å²) in [6, 6.07) is 3.75. The van der Waals surface area contributed by atoms with Gasteiger partial charge in [-0.05, 0) is 25.8 Å². The molecule has 0 saturated heterocycles. The summed E-state index contributed by atoms with van der Waals surface area (Å²) in [7, 11) is 1.61. The van der Waals surface area contributed by atoms with E-state index in [0.717, 1.165) is 36.1 Å². The maximum Gasteiger partial charge on any atom is 0.164 e. The number of rotatable bonds is 8. The van der Waals surface area contributed by atoms with Crippen LogP contribution in [-0.2, 0) is 6.42 Å². The fraction of sp³-hybridized carbons (Fsp3) is 0.500. The molecule has 0 aliphatic heterocycles. The minimum Gasteiger partial charge on any atom is -0.493 e. The van der Waals surface area contributed by atoms with Crippen molar-refractivity contribution in [3.63, 3.8) is 0 Å². The van der Waals surface area contributed by atoms with Crippen LogP contribution in [0.4, 0.5) is 0 Å². The molecule has 0 bridgehead atoms. The normalized spacial score (nSPS) is 12.1. The van der Waals surface area contributed by atoms with Gasteiger partial charge in [-0.15, -0.1) is 6.58 Å². The molecule has 20 heavy (non-hydrogen) atoms. The van der Waals surface area contributed by atoms with Gasteiger partial charge in [0, 0.05) is 29.1 Å². The first-order chi connectivity index (χ1) is 9.47. The molecule has 0 saturated carbocycles. The Morgan fingerprint density at radius 3 is 2.70 bits per heavy atom. The second kappa shape index (κ2) is 8.18.